The standard InChI is InChI=1S/C16H18O5/c1-7-10-5-12(20-3)9(6-17)4-11(10)13-8(2)16(19)21-15(13)14(7)18/h4-5,7,14-15,17-18H,6H2,1-3H3. The van der Waals surface area contributed by atoms with Crippen molar-refractivity contribution < 1.29 is 24.5 Å². The second-order valence-electron chi connectivity index (χ2n) is 5.55. The van der Waals surface area contributed by atoms with Gasteiger partial charge in [-0.1, -0.05) is 6.92 Å². The van der Waals surface area contributed by atoms with Crippen LogP contribution in [0.5, 0.6) is 5.75 Å². The van der Waals surface area contributed by atoms with Gasteiger partial charge < -0.3 is 19.7 Å². The summed E-state index contributed by atoms with van der Waals surface area (Å²) in [6, 6.07) is 3.65. The number of aliphatic hydroxyl groups excluding tert-OH is 2. The van der Waals surface area contributed by atoms with Gasteiger partial charge in [0.05, 0.1) is 13.7 Å². The van der Waals surface area contributed by atoms with Crippen LogP contribution in [0.15, 0.2) is 17.7 Å². The molecule has 3 unspecified atom stereocenters. The number of ether oxygens (including phenoxy) is 2. The lowest BCUT2D eigenvalue weighted by molar-refractivity contribution is -0.143. The number of carbonyl (C=O) groups is 1. The molecule has 5 heteroatoms. The maximum absolute atomic E-state index is 11.8. The molecule has 1 aromatic rings. The average molecular weight is 290 g/mol. The number of esters is 1. The van der Waals surface area contributed by atoms with Gasteiger partial charge in [-0.05, 0) is 30.2 Å². The monoisotopic (exact) mass is 290 g/mol. The molecule has 0 saturated carbocycles. The van der Waals surface area contributed by atoms with E-state index in [1.807, 2.05) is 19.1 Å². The minimum absolute atomic E-state index is 0.154. The van der Waals surface area contributed by atoms with E-state index in [4.69, 9.17) is 9.47 Å². The van der Waals surface area contributed by atoms with E-state index in [9.17, 15) is 15.0 Å². The molecule has 0 radical (unpaired) electrons. The summed E-state index contributed by atoms with van der Waals surface area (Å²) in [5.74, 6) is 0.00167. The Hall–Kier alpha value is -1.85. The molecule has 1 heterocycles. The summed E-state index contributed by atoms with van der Waals surface area (Å²) in [6.45, 7) is 3.44. The topological polar surface area (TPSA) is 76.0 Å². The molecular formula is C16H18O5. The van der Waals surface area contributed by atoms with Crippen LogP contribution < -0.4 is 4.74 Å². The number of hydrogen-bond acceptors (Lipinski definition) is 5. The molecule has 2 aliphatic rings. The lowest BCUT2D eigenvalue weighted by Crippen LogP contribution is -2.36. The molecule has 0 spiro atoms. The molecule has 5 nitrogen and oxygen atoms in total. The van der Waals surface area contributed by atoms with Crippen LogP contribution in [0, 0.1) is 0 Å². The van der Waals surface area contributed by atoms with Crippen molar-refractivity contribution in [3.8, 4) is 5.75 Å². The minimum atomic E-state index is -0.779. The summed E-state index contributed by atoms with van der Waals surface area (Å²) in [5, 5.41) is 19.9. The zero-order valence-electron chi connectivity index (χ0n) is 12.2. The molecule has 0 aromatic heterocycles. The summed E-state index contributed by atoms with van der Waals surface area (Å²) >= 11 is 0. The molecule has 0 saturated heterocycles. The van der Waals surface area contributed by atoms with Crippen LogP contribution in [0.3, 0.4) is 0 Å². The van der Waals surface area contributed by atoms with Crippen molar-refractivity contribution in [2.75, 3.05) is 7.11 Å². The first-order valence-corrected chi connectivity index (χ1v) is 6.91. The van der Waals surface area contributed by atoms with E-state index < -0.39 is 18.2 Å². The highest BCUT2D eigenvalue weighted by Gasteiger charge is 2.45. The highest BCUT2D eigenvalue weighted by molar-refractivity contribution is 6.03. The van der Waals surface area contributed by atoms with E-state index in [0.29, 0.717) is 16.9 Å². The molecule has 1 aliphatic heterocycles. The van der Waals surface area contributed by atoms with Gasteiger partial charge in [0.25, 0.3) is 0 Å². The van der Waals surface area contributed by atoms with Crippen LogP contribution in [0.1, 0.15) is 36.5 Å². The van der Waals surface area contributed by atoms with Crippen LogP contribution in [0.4, 0.5) is 0 Å². The number of carbonyl (C=O) groups excluding carboxylic acids is 1. The molecule has 0 fully saturated rings. The number of methoxy groups -OCH3 is 1. The summed E-state index contributed by atoms with van der Waals surface area (Å²) in [7, 11) is 1.54. The molecule has 3 rings (SSSR count). The zero-order valence-corrected chi connectivity index (χ0v) is 12.2. The largest absolute Gasteiger partial charge is 0.496 e. The fourth-order valence-corrected chi connectivity index (χ4v) is 3.19. The molecule has 0 bridgehead atoms. The lowest BCUT2D eigenvalue weighted by atomic mass is 9.76. The van der Waals surface area contributed by atoms with E-state index in [2.05, 4.69) is 0 Å². The summed E-state index contributed by atoms with van der Waals surface area (Å²) in [4.78, 5) is 11.8. The average Bonchev–Trinajstić information content (AvgIpc) is 2.79. The number of aliphatic hydroxyl groups is 2. The van der Waals surface area contributed by atoms with Gasteiger partial charge in [0.1, 0.15) is 11.9 Å². The normalized spacial score (nSPS) is 27.3. The van der Waals surface area contributed by atoms with Crippen LogP contribution in [-0.4, -0.2) is 35.5 Å². The Morgan fingerprint density at radius 1 is 1.38 bits per heavy atom. The Balaban J connectivity index is 2.27. The van der Waals surface area contributed by atoms with Gasteiger partial charge in [-0.25, -0.2) is 4.79 Å². The van der Waals surface area contributed by atoms with Gasteiger partial charge >= 0.3 is 5.97 Å². The van der Waals surface area contributed by atoms with E-state index in [1.165, 1.54) is 0 Å². The van der Waals surface area contributed by atoms with Crippen molar-refractivity contribution in [1.82, 2.24) is 0 Å². The van der Waals surface area contributed by atoms with Crippen LogP contribution in [0.25, 0.3) is 5.57 Å². The Bertz CT molecular complexity index is 646. The van der Waals surface area contributed by atoms with Crippen molar-refractivity contribution in [2.24, 2.45) is 0 Å². The number of fused-ring (bicyclic) bond motifs is 3. The second-order valence-corrected chi connectivity index (χ2v) is 5.55. The van der Waals surface area contributed by atoms with Gasteiger partial charge in [-0.3, -0.25) is 0 Å². The third-order valence-corrected chi connectivity index (χ3v) is 4.45. The number of benzene rings is 1. The van der Waals surface area contributed by atoms with E-state index >= 15 is 0 Å². The Kier molecular flexibility index (Phi) is 3.26. The fraction of sp³-hybridized carbons (Fsp3) is 0.438. The fourth-order valence-electron chi connectivity index (χ4n) is 3.19. The molecule has 0 amide bonds. The SMILES string of the molecule is COc1cc2c(cc1CO)C1=C(C)C(=O)OC1C(O)C2C. The van der Waals surface area contributed by atoms with Crippen molar-refractivity contribution in [2.45, 2.75) is 38.6 Å². The maximum Gasteiger partial charge on any atom is 0.334 e. The highest BCUT2D eigenvalue weighted by atomic mass is 16.6. The molecule has 1 aliphatic carbocycles. The van der Waals surface area contributed by atoms with Gasteiger partial charge in [0.15, 0.2) is 6.10 Å². The molecule has 1 aromatic carbocycles. The Morgan fingerprint density at radius 3 is 2.71 bits per heavy atom. The molecule has 2 N–H and O–H groups in total. The van der Waals surface area contributed by atoms with Gasteiger partial charge in [0.2, 0.25) is 0 Å². The summed E-state index contributed by atoms with van der Waals surface area (Å²) in [5.41, 5.74) is 3.64. The first-order valence-electron chi connectivity index (χ1n) is 6.91. The number of rotatable bonds is 2. The summed E-state index contributed by atoms with van der Waals surface area (Å²) < 4.78 is 10.6. The highest BCUT2D eigenvalue weighted by Crippen LogP contribution is 2.46. The van der Waals surface area contributed by atoms with Gasteiger partial charge in [-0.2, -0.15) is 0 Å². The van der Waals surface area contributed by atoms with Crippen LogP contribution in [-0.2, 0) is 16.1 Å². The van der Waals surface area contributed by atoms with Gasteiger partial charge in [-0.15, -0.1) is 0 Å². The Morgan fingerprint density at radius 2 is 2.10 bits per heavy atom. The summed E-state index contributed by atoms with van der Waals surface area (Å²) in [6.07, 6.45) is -1.40. The third kappa shape index (κ3) is 1.88. The van der Waals surface area contributed by atoms with Crippen molar-refractivity contribution >= 4 is 11.5 Å². The lowest BCUT2D eigenvalue weighted by Gasteiger charge is -2.34. The first kappa shape index (κ1) is 14.1. The van der Waals surface area contributed by atoms with Crippen molar-refractivity contribution in [3.63, 3.8) is 0 Å². The predicted octanol–water partition coefficient (Wildman–Crippen LogP) is 1.36. The van der Waals surface area contributed by atoms with Crippen LogP contribution in [0.2, 0.25) is 0 Å². The smallest absolute Gasteiger partial charge is 0.334 e. The number of hydrogen-bond donors (Lipinski definition) is 2. The quantitative estimate of drug-likeness (QED) is 0.804. The molecule has 3 atom stereocenters. The van der Waals surface area contributed by atoms with E-state index in [0.717, 1.165) is 16.7 Å². The third-order valence-electron chi connectivity index (χ3n) is 4.45. The van der Waals surface area contributed by atoms with Crippen LogP contribution >= 0.6 is 0 Å². The Labute approximate surface area is 122 Å². The minimum Gasteiger partial charge on any atom is -0.496 e. The van der Waals surface area contributed by atoms with Crippen molar-refractivity contribution in [1.29, 1.82) is 0 Å². The zero-order chi connectivity index (χ0) is 15.3. The molecule has 21 heavy (non-hydrogen) atoms. The van der Waals surface area contributed by atoms with E-state index in [1.54, 1.807) is 14.0 Å². The molecule has 112 valence electrons. The predicted molar refractivity (Wildman–Crippen MR) is 75.8 cm³/mol. The molecular weight excluding hydrogens is 272 g/mol. The second kappa shape index (κ2) is 4.86. The van der Waals surface area contributed by atoms with Gasteiger partial charge in [0, 0.05) is 22.6 Å². The van der Waals surface area contributed by atoms with Crippen molar-refractivity contribution in [3.05, 3.63) is 34.4 Å². The van der Waals surface area contributed by atoms with E-state index in [-0.39, 0.29) is 12.5 Å². The first-order chi connectivity index (χ1) is 9.99. The maximum atomic E-state index is 11.8.